The van der Waals surface area contributed by atoms with E-state index in [1.165, 1.54) is 0 Å². The number of ether oxygens (including phenoxy) is 1. The maximum absolute atomic E-state index is 11.2. The van der Waals surface area contributed by atoms with Crippen LogP contribution in [-0.2, 0) is 9.53 Å². The van der Waals surface area contributed by atoms with Crippen LogP contribution in [0.4, 0.5) is 0 Å². The van der Waals surface area contributed by atoms with Gasteiger partial charge in [0, 0.05) is 26.0 Å². The number of Topliss-reactive ketones (excluding diaryl/α,β-unsaturated/α-hetero) is 1. The van der Waals surface area contributed by atoms with Gasteiger partial charge in [-0.05, 0) is 32.2 Å². The van der Waals surface area contributed by atoms with Crippen molar-refractivity contribution in [2.24, 2.45) is 0 Å². The highest BCUT2D eigenvalue weighted by atomic mass is 16.6. The van der Waals surface area contributed by atoms with Gasteiger partial charge in [-0.25, -0.2) is 0 Å². The van der Waals surface area contributed by atoms with E-state index in [-0.39, 0.29) is 6.04 Å². The lowest BCUT2D eigenvalue weighted by atomic mass is 9.92. The normalized spacial score (nSPS) is 30.9. The summed E-state index contributed by atoms with van der Waals surface area (Å²) in [5.41, 5.74) is 0. The first-order valence-corrected chi connectivity index (χ1v) is 6.20. The first-order chi connectivity index (χ1) is 7.72. The van der Waals surface area contributed by atoms with E-state index in [0.717, 1.165) is 32.2 Å². The zero-order valence-electron chi connectivity index (χ0n) is 9.89. The molecule has 0 aromatic heterocycles. The van der Waals surface area contributed by atoms with Crippen LogP contribution in [0.15, 0.2) is 0 Å². The van der Waals surface area contributed by atoms with Crippen LogP contribution in [0.1, 0.15) is 38.5 Å². The van der Waals surface area contributed by atoms with Gasteiger partial charge < -0.3 is 9.84 Å². The van der Waals surface area contributed by atoms with Crippen LogP contribution in [0.25, 0.3) is 0 Å². The fourth-order valence-corrected chi connectivity index (χ4v) is 2.99. The Hall–Kier alpha value is -0.450. The smallest absolute Gasteiger partial charge is 0.169 e. The van der Waals surface area contributed by atoms with E-state index in [1.807, 2.05) is 0 Å². The number of aliphatic hydroxyl groups is 1. The Labute approximate surface area is 96.6 Å². The maximum atomic E-state index is 11.2. The predicted molar refractivity (Wildman–Crippen MR) is 60.0 cm³/mol. The quantitative estimate of drug-likeness (QED) is 0.729. The molecule has 1 saturated carbocycles. The van der Waals surface area contributed by atoms with E-state index >= 15 is 0 Å². The van der Waals surface area contributed by atoms with Crippen molar-refractivity contribution in [1.82, 2.24) is 4.90 Å². The van der Waals surface area contributed by atoms with Gasteiger partial charge >= 0.3 is 0 Å². The summed E-state index contributed by atoms with van der Waals surface area (Å²) >= 11 is 0. The van der Waals surface area contributed by atoms with Crippen LogP contribution in [-0.4, -0.2) is 47.8 Å². The van der Waals surface area contributed by atoms with Crippen molar-refractivity contribution in [3.05, 3.63) is 0 Å². The fraction of sp³-hybridized carbons (Fsp3) is 0.917. The molecular formula is C12H21NO3. The second-order valence-electron chi connectivity index (χ2n) is 4.84. The lowest BCUT2D eigenvalue weighted by Crippen LogP contribution is -2.47. The summed E-state index contributed by atoms with van der Waals surface area (Å²) in [4.78, 5) is 13.6. The van der Waals surface area contributed by atoms with E-state index in [4.69, 9.17) is 4.74 Å². The molecule has 0 aromatic carbocycles. The number of rotatable bonds is 3. The van der Waals surface area contributed by atoms with Gasteiger partial charge in [-0.3, -0.25) is 9.69 Å². The van der Waals surface area contributed by atoms with Gasteiger partial charge in [-0.15, -0.1) is 0 Å². The third kappa shape index (κ3) is 2.44. The summed E-state index contributed by atoms with van der Waals surface area (Å²) < 4.78 is 5.02. The number of carbonyl (C=O) groups excluding carboxylic acids is 1. The van der Waals surface area contributed by atoms with Crippen molar-refractivity contribution in [2.45, 2.75) is 56.9 Å². The predicted octanol–water partition coefficient (Wildman–Crippen LogP) is 0.927. The minimum Gasteiger partial charge on any atom is -0.367 e. The number of hydrogen-bond acceptors (Lipinski definition) is 4. The number of carbonyl (C=O) groups is 1. The molecule has 4 heteroatoms. The van der Waals surface area contributed by atoms with E-state index in [1.54, 1.807) is 7.11 Å². The Morgan fingerprint density at radius 3 is 2.69 bits per heavy atom. The Morgan fingerprint density at radius 2 is 2.06 bits per heavy atom. The van der Waals surface area contributed by atoms with Gasteiger partial charge in [0.15, 0.2) is 6.29 Å². The topological polar surface area (TPSA) is 49.8 Å². The first-order valence-electron chi connectivity index (χ1n) is 6.20. The Balaban J connectivity index is 1.94. The van der Waals surface area contributed by atoms with Crippen LogP contribution < -0.4 is 0 Å². The van der Waals surface area contributed by atoms with Crippen molar-refractivity contribution in [1.29, 1.82) is 0 Å². The summed E-state index contributed by atoms with van der Waals surface area (Å²) in [6, 6.07) is 0.596. The zero-order valence-corrected chi connectivity index (χ0v) is 9.89. The van der Waals surface area contributed by atoms with E-state index in [2.05, 4.69) is 4.90 Å². The number of hydrogen-bond donors (Lipinski definition) is 1. The molecule has 0 bridgehead atoms. The van der Waals surface area contributed by atoms with Crippen LogP contribution >= 0.6 is 0 Å². The second-order valence-corrected chi connectivity index (χ2v) is 4.84. The zero-order chi connectivity index (χ0) is 11.5. The molecule has 1 unspecified atom stereocenters. The lowest BCUT2D eigenvalue weighted by Gasteiger charge is -2.36. The molecule has 2 atom stereocenters. The van der Waals surface area contributed by atoms with Gasteiger partial charge in [0.1, 0.15) is 5.78 Å². The summed E-state index contributed by atoms with van der Waals surface area (Å²) in [6.45, 7) is 1.03. The number of methoxy groups -OCH3 is 1. The number of likely N-dealkylation sites (tertiary alicyclic amines) is 1. The number of nitrogens with zero attached hydrogens (tertiary/aromatic N) is 1. The molecule has 1 saturated heterocycles. The Morgan fingerprint density at radius 1 is 1.38 bits per heavy atom. The minimum atomic E-state index is -0.680. The highest BCUT2D eigenvalue weighted by Crippen LogP contribution is 2.29. The fourth-order valence-electron chi connectivity index (χ4n) is 2.99. The largest absolute Gasteiger partial charge is 0.367 e. The van der Waals surface area contributed by atoms with Gasteiger partial charge in [0.25, 0.3) is 0 Å². The molecule has 92 valence electrons. The lowest BCUT2D eigenvalue weighted by molar-refractivity contribution is -0.129. The van der Waals surface area contributed by atoms with Gasteiger partial charge in [0.05, 0.1) is 6.04 Å². The van der Waals surface area contributed by atoms with E-state index < -0.39 is 6.29 Å². The van der Waals surface area contributed by atoms with Crippen LogP contribution in [0, 0.1) is 0 Å². The SMILES string of the molecule is COC(O)[C@@H]1CCCN1C1CCC(=O)CC1. The van der Waals surface area contributed by atoms with Crippen molar-refractivity contribution in [3.8, 4) is 0 Å². The van der Waals surface area contributed by atoms with Gasteiger partial charge in [0.2, 0.25) is 0 Å². The molecule has 1 aliphatic carbocycles. The third-order valence-electron chi connectivity index (χ3n) is 3.89. The van der Waals surface area contributed by atoms with Crippen LogP contribution in [0.2, 0.25) is 0 Å². The number of ketones is 1. The van der Waals surface area contributed by atoms with Crippen LogP contribution in [0.3, 0.4) is 0 Å². The Kier molecular flexibility index (Phi) is 3.95. The summed E-state index contributed by atoms with van der Waals surface area (Å²) in [7, 11) is 1.55. The molecule has 0 spiro atoms. The maximum Gasteiger partial charge on any atom is 0.169 e. The third-order valence-corrected chi connectivity index (χ3v) is 3.89. The molecule has 1 heterocycles. The van der Waals surface area contributed by atoms with Crippen molar-refractivity contribution in [2.75, 3.05) is 13.7 Å². The van der Waals surface area contributed by atoms with Crippen LogP contribution in [0.5, 0.6) is 0 Å². The molecule has 0 aromatic rings. The molecule has 1 aliphatic heterocycles. The minimum absolute atomic E-state index is 0.128. The molecule has 1 N–H and O–H groups in total. The molecule has 2 fully saturated rings. The standard InChI is InChI=1S/C12H21NO3/c1-16-12(15)11-3-2-8-13(11)9-4-6-10(14)7-5-9/h9,11-12,15H,2-8H2,1H3/t11-,12?/m0/s1. The molecule has 0 radical (unpaired) electrons. The summed E-state index contributed by atoms with van der Waals surface area (Å²) in [5.74, 6) is 0.388. The molecule has 0 amide bonds. The first kappa shape index (κ1) is 12.0. The van der Waals surface area contributed by atoms with E-state index in [9.17, 15) is 9.90 Å². The summed E-state index contributed by atoms with van der Waals surface area (Å²) in [6.07, 6.45) is 4.75. The van der Waals surface area contributed by atoms with E-state index in [0.29, 0.717) is 24.7 Å². The highest BCUT2D eigenvalue weighted by Gasteiger charge is 2.36. The molecule has 2 rings (SSSR count). The highest BCUT2D eigenvalue weighted by molar-refractivity contribution is 5.79. The van der Waals surface area contributed by atoms with Crippen molar-refractivity contribution in [3.63, 3.8) is 0 Å². The van der Waals surface area contributed by atoms with Gasteiger partial charge in [-0.2, -0.15) is 0 Å². The molecular weight excluding hydrogens is 206 g/mol. The van der Waals surface area contributed by atoms with Gasteiger partial charge in [-0.1, -0.05) is 0 Å². The average molecular weight is 227 g/mol. The van der Waals surface area contributed by atoms with Crippen molar-refractivity contribution >= 4 is 5.78 Å². The van der Waals surface area contributed by atoms with Crippen molar-refractivity contribution < 1.29 is 14.6 Å². The molecule has 2 aliphatic rings. The molecule has 16 heavy (non-hydrogen) atoms. The second kappa shape index (κ2) is 5.25. The monoisotopic (exact) mass is 227 g/mol. The Bertz CT molecular complexity index is 247. The molecule has 4 nitrogen and oxygen atoms in total. The summed E-state index contributed by atoms with van der Waals surface area (Å²) in [5, 5.41) is 9.78. The average Bonchev–Trinajstić information content (AvgIpc) is 2.78. The number of aliphatic hydroxyl groups excluding tert-OH is 1.